The van der Waals surface area contributed by atoms with Crippen LogP contribution in [0.15, 0.2) is 109 Å². The van der Waals surface area contributed by atoms with Crippen LogP contribution in [0.2, 0.25) is 0 Å². The highest BCUT2D eigenvalue weighted by atomic mass is 16.5. The zero-order valence-electron chi connectivity index (χ0n) is 28.5. The molecule has 0 unspecified atom stereocenters. The fraction of sp³-hybridized carbons (Fsp3) is 0.256. The average Bonchev–Trinajstić information content (AvgIpc) is 3.63. The lowest BCUT2D eigenvalue weighted by atomic mass is 9.96. The van der Waals surface area contributed by atoms with Crippen LogP contribution in [0.3, 0.4) is 0 Å². The molecule has 5 nitrogen and oxygen atoms in total. The van der Waals surface area contributed by atoms with Crippen LogP contribution >= 0.6 is 0 Å². The molecule has 48 heavy (non-hydrogen) atoms. The Kier molecular flexibility index (Phi) is 9.11. The second-order valence-corrected chi connectivity index (χ2v) is 12.8. The van der Waals surface area contributed by atoms with Crippen LogP contribution in [0, 0.1) is 6.92 Å². The third kappa shape index (κ3) is 6.13. The summed E-state index contributed by atoms with van der Waals surface area (Å²) in [7, 11) is 0. The molecular weight excluding hydrogens is 589 g/mol. The monoisotopic (exact) mass is 632 g/mol. The molecule has 0 N–H and O–H groups in total. The summed E-state index contributed by atoms with van der Waals surface area (Å²) < 4.78 is 11.0. The van der Waals surface area contributed by atoms with Gasteiger partial charge in [-0.1, -0.05) is 88.6 Å². The Hall–Kier alpha value is -5.16. The van der Waals surface area contributed by atoms with Crippen molar-refractivity contribution < 1.29 is 4.74 Å². The minimum atomic E-state index is 0.780. The summed E-state index contributed by atoms with van der Waals surface area (Å²) >= 11 is 0. The van der Waals surface area contributed by atoms with Gasteiger partial charge in [0.2, 0.25) is 0 Å². The van der Waals surface area contributed by atoms with Gasteiger partial charge in [-0.25, -0.2) is 9.67 Å². The Morgan fingerprint density at radius 2 is 1.46 bits per heavy atom. The maximum Gasteiger partial charge on any atom is 0.137 e. The molecule has 7 aromatic rings. The first-order valence-electron chi connectivity index (χ1n) is 17.5. The largest absolute Gasteiger partial charge is 0.457 e. The average molecular weight is 633 g/mol. The smallest absolute Gasteiger partial charge is 0.137 e. The number of unbranched alkanes of at least 4 members (excludes halogenated alkanes) is 1. The Labute approximate surface area is 283 Å². The Bertz CT molecular complexity index is 2190. The van der Waals surface area contributed by atoms with Gasteiger partial charge in [0, 0.05) is 34.7 Å². The molecule has 0 aliphatic carbocycles. The molecule has 0 atom stereocenters. The topological polar surface area (TPSA) is 44.9 Å². The number of ether oxygens (including phenoxy) is 1. The predicted molar refractivity (Wildman–Crippen MR) is 199 cm³/mol. The molecule has 3 heterocycles. The van der Waals surface area contributed by atoms with E-state index in [1.54, 1.807) is 0 Å². The summed E-state index contributed by atoms with van der Waals surface area (Å²) in [6, 6.07) is 36.5. The van der Waals surface area contributed by atoms with E-state index in [4.69, 9.17) is 14.8 Å². The van der Waals surface area contributed by atoms with Gasteiger partial charge in [-0.15, -0.1) is 0 Å². The third-order valence-electron chi connectivity index (χ3n) is 9.16. The van der Waals surface area contributed by atoms with E-state index in [1.165, 1.54) is 44.4 Å². The molecule has 0 aliphatic rings. The first-order valence-corrected chi connectivity index (χ1v) is 17.5. The number of benzene rings is 4. The first-order chi connectivity index (χ1) is 23.6. The number of para-hydroxylation sites is 1. The van der Waals surface area contributed by atoms with Crippen LogP contribution in [0.25, 0.3) is 44.4 Å². The zero-order valence-corrected chi connectivity index (χ0v) is 28.5. The summed E-state index contributed by atoms with van der Waals surface area (Å²) in [6.07, 6.45) is 9.33. The van der Waals surface area contributed by atoms with Crippen LogP contribution < -0.4 is 4.74 Å². The first kappa shape index (κ1) is 31.4. The summed E-state index contributed by atoms with van der Waals surface area (Å²) in [5, 5.41) is 7.64. The van der Waals surface area contributed by atoms with Gasteiger partial charge in [-0.2, -0.15) is 5.10 Å². The van der Waals surface area contributed by atoms with Gasteiger partial charge in [-0.3, -0.25) is 4.57 Å². The molecule has 0 fully saturated rings. The molecule has 0 saturated heterocycles. The zero-order chi connectivity index (χ0) is 33.0. The molecule has 4 aromatic carbocycles. The second kappa shape index (κ2) is 13.9. The van der Waals surface area contributed by atoms with Crippen LogP contribution in [-0.4, -0.2) is 19.3 Å². The van der Waals surface area contributed by atoms with Gasteiger partial charge in [-0.05, 0) is 91.8 Å². The molecule has 0 spiro atoms. The van der Waals surface area contributed by atoms with Crippen molar-refractivity contribution in [2.24, 2.45) is 0 Å². The molecule has 0 amide bonds. The Morgan fingerprint density at radius 3 is 2.25 bits per heavy atom. The van der Waals surface area contributed by atoms with Crippen LogP contribution in [0.5, 0.6) is 11.5 Å². The summed E-state index contributed by atoms with van der Waals surface area (Å²) in [4.78, 5) is 4.74. The highest BCUT2D eigenvalue weighted by molar-refractivity contribution is 6.09. The van der Waals surface area contributed by atoms with Gasteiger partial charge < -0.3 is 4.74 Å². The fourth-order valence-electron chi connectivity index (χ4n) is 6.88. The van der Waals surface area contributed by atoms with Crippen molar-refractivity contribution in [1.82, 2.24) is 19.3 Å². The van der Waals surface area contributed by atoms with E-state index < -0.39 is 0 Å². The quantitative estimate of drug-likeness (QED) is 0.135. The number of aromatic nitrogens is 4. The molecule has 0 bridgehead atoms. The van der Waals surface area contributed by atoms with Gasteiger partial charge in [0.15, 0.2) is 0 Å². The van der Waals surface area contributed by atoms with Gasteiger partial charge in [0.1, 0.15) is 17.3 Å². The van der Waals surface area contributed by atoms with Gasteiger partial charge in [0.25, 0.3) is 0 Å². The number of rotatable bonds is 12. The molecule has 0 saturated carbocycles. The van der Waals surface area contributed by atoms with Crippen molar-refractivity contribution in [3.8, 4) is 34.1 Å². The maximum absolute atomic E-state index is 6.61. The standard InChI is InChI=1S/C43H44N4O/c1-5-8-17-40-43(32-21-19-31(12-6-2)20-22-32)38(13-7-3)45-47(40)33-14-11-15-34(28-33)48-35-23-24-37-36-16-9-10-18-39(36)46(41(37)29-35)42-27-30(4)25-26-44-42/h9-11,14-16,18-29H,5-8,12-13,17H2,1-4H3. The number of aryl methyl sites for hydroxylation is 3. The Balaban J connectivity index is 1.28. The van der Waals surface area contributed by atoms with Crippen molar-refractivity contribution in [1.29, 1.82) is 0 Å². The van der Waals surface area contributed by atoms with E-state index in [0.717, 1.165) is 79.0 Å². The molecule has 7 rings (SSSR count). The Morgan fingerprint density at radius 1 is 0.667 bits per heavy atom. The van der Waals surface area contributed by atoms with Crippen LogP contribution in [0.4, 0.5) is 0 Å². The minimum absolute atomic E-state index is 0.780. The number of fused-ring (bicyclic) bond motifs is 3. The van der Waals surface area contributed by atoms with E-state index in [-0.39, 0.29) is 0 Å². The number of hydrogen-bond donors (Lipinski definition) is 0. The second-order valence-electron chi connectivity index (χ2n) is 12.8. The minimum Gasteiger partial charge on any atom is -0.457 e. The van der Waals surface area contributed by atoms with E-state index in [0.29, 0.717) is 0 Å². The summed E-state index contributed by atoms with van der Waals surface area (Å²) in [5.41, 5.74) is 10.8. The van der Waals surface area contributed by atoms with Gasteiger partial charge >= 0.3 is 0 Å². The lowest BCUT2D eigenvalue weighted by Crippen LogP contribution is -2.03. The normalized spacial score (nSPS) is 11.5. The van der Waals surface area contributed by atoms with Crippen molar-refractivity contribution in [3.05, 3.63) is 132 Å². The van der Waals surface area contributed by atoms with E-state index in [2.05, 4.69) is 128 Å². The van der Waals surface area contributed by atoms with Crippen molar-refractivity contribution in [2.45, 2.75) is 72.6 Å². The van der Waals surface area contributed by atoms with Gasteiger partial charge in [0.05, 0.1) is 28.1 Å². The summed E-state index contributed by atoms with van der Waals surface area (Å²) in [5.74, 6) is 2.46. The van der Waals surface area contributed by atoms with Crippen molar-refractivity contribution in [2.75, 3.05) is 0 Å². The highest BCUT2D eigenvalue weighted by Gasteiger charge is 2.20. The van der Waals surface area contributed by atoms with E-state index in [1.807, 2.05) is 18.3 Å². The fourth-order valence-corrected chi connectivity index (χ4v) is 6.88. The molecular formula is C43H44N4O. The summed E-state index contributed by atoms with van der Waals surface area (Å²) in [6.45, 7) is 8.83. The lowest BCUT2D eigenvalue weighted by Gasteiger charge is -2.13. The van der Waals surface area contributed by atoms with E-state index >= 15 is 0 Å². The van der Waals surface area contributed by atoms with E-state index in [9.17, 15) is 0 Å². The number of hydrogen-bond acceptors (Lipinski definition) is 3. The maximum atomic E-state index is 6.61. The number of pyridine rings is 1. The number of nitrogens with zero attached hydrogens (tertiary/aromatic N) is 4. The molecule has 5 heteroatoms. The van der Waals surface area contributed by atoms with Crippen molar-refractivity contribution in [3.63, 3.8) is 0 Å². The van der Waals surface area contributed by atoms with Crippen molar-refractivity contribution >= 4 is 21.8 Å². The molecule has 0 radical (unpaired) electrons. The lowest BCUT2D eigenvalue weighted by molar-refractivity contribution is 0.482. The molecule has 3 aromatic heterocycles. The van der Waals surface area contributed by atoms with Crippen LogP contribution in [0.1, 0.15) is 69.0 Å². The third-order valence-corrected chi connectivity index (χ3v) is 9.16. The SMILES string of the molecule is CCCCc1c(-c2ccc(CCC)cc2)c(CCC)nn1-c1cccc(Oc2ccc3c4ccccc4n(-c4cc(C)ccn4)c3c2)c1. The highest BCUT2D eigenvalue weighted by Crippen LogP contribution is 2.36. The predicted octanol–water partition coefficient (Wildman–Crippen LogP) is 11.4. The molecule has 0 aliphatic heterocycles. The van der Waals surface area contributed by atoms with Crippen LogP contribution in [-0.2, 0) is 19.3 Å². The molecule has 242 valence electrons.